The number of nitrogens with zero attached hydrogens (tertiary/aromatic N) is 2. The van der Waals surface area contributed by atoms with E-state index in [-0.39, 0.29) is 5.69 Å². The number of likely N-dealkylation sites (N-methyl/N-ethyl adjacent to an activating group) is 1. The molecule has 1 aromatic rings. The van der Waals surface area contributed by atoms with Gasteiger partial charge in [-0.05, 0) is 32.6 Å². The number of hydrogen-bond donors (Lipinski definition) is 1. The van der Waals surface area contributed by atoms with E-state index in [1.807, 2.05) is 21.0 Å². The van der Waals surface area contributed by atoms with Crippen LogP contribution in [-0.2, 0) is 0 Å². The number of rotatable bonds is 8. The standard InChI is InChI=1S/C13H21N3O3/c1-11-4-5-12(16(17)18)13(10-11)19-9-7-14-6-8-15(2)3/h4-5,10,14H,6-9H2,1-3H3. The number of hydrogen-bond acceptors (Lipinski definition) is 5. The summed E-state index contributed by atoms with van der Waals surface area (Å²) in [6.45, 7) is 4.78. The molecule has 0 heterocycles. The van der Waals surface area contributed by atoms with Crippen LogP contribution in [0.2, 0.25) is 0 Å². The smallest absolute Gasteiger partial charge is 0.310 e. The summed E-state index contributed by atoms with van der Waals surface area (Å²) >= 11 is 0. The Morgan fingerprint density at radius 1 is 1.37 bits per heavy atom. The van der Waals surface area contributed by atoms with Gasteiger partial charge in [0.2, 0.25) is 0 Å². The van der Waals surface area contributed by atoms with Crippen LogP contribution in [-0.4, -0.2) is 50.2 Å². The highest BCUT2D eigenvalue weighted by Gasteiger charge is 2.14. The Hall–Kier alpha value is -1.66. The predicted octanol–water partition coefficient (Wildman–Crippen LogP) is 1.43. The van der Waals surface area contributed by atoms with E-state index in [9.17, 15) is 10.1 Å². The maximum Gasteiger partial charge on any atom is 0.310 e. The fraction of sp³-hybridized carbons (Fsp3) is 0.538. The molecule has 0 amide bonds. The van der Waals surface area contributed by atoms with E-state index in [0.29, 0.717) is 18.9 Å². The maximum atomic E-state index is 10.8. The molecule has 0 atom stereocenters. The van der Waals surface area contributed by atoms with Gasteiger partial charge in [0, 0.05) is 25.7 Å². The van der Waals surface area contributed by atoms with Crippen molar-refractivity contribution in [2.24, 2.45) is 0 Å². The van der Waals surface area contributed by atoms with Crippen LogP contribution in [0.3, 0.4) is 0 Å². The number of nitro benzene ring substituents is 1. The molecule has 19 heavy (non-hydrogen) atoms. The summed E-state index contributed by atoms with van der Waals surface area (Å²) in [5, 5.41) is 14.1. The first kappa shape index (κ1) is 15.4. The molecular formula is C13H21N3O3. The van der Waals surface area contributed by atoms with Crippen LogP contribution in [0.15, 0.2) is 18.2 Å². The summed E-state index contributed by atoms with van der Waals surface area (Å²) in [6.07, 6.45) is 0. The minimum atomic E-state index is -0.422. The van der Waals surface area contributed by atoms with Crippen molar-refractivity contribution in [2.75, 3.05) is 40.3 Å². The van der Waals surface area contributed by atoms with Crippen LogP contribution in [0.5, 0.6) is 5.75 Å². The van der Waals surface area contributed by atoms with E-state index in [2.05, 4.69) is 10.2 Å². The molecule has 6 nitrogen and oxygen atoms in total. The van der Waals surface area contributed by atoms with Gasteiger partial charge in [0.05, 0.1) is 4.92 Å². The molecule has 0 saturated carbocycles. The third-order valence-electron chi connectivity index (χ3n) is 2.58. The minimum absolute atomic E-state index is 0.0129. The van der Waals surface area contributed by atoms with E-state index in [1.54, 1.807) is 12.1 Å². The van der Waals surface area contributed by atoms with Crippen LogP contribution < -0.4 is 10.1 Å². The summed E-state index contributed by atoms with van der Waals surface area (Å²) in [6, 6.07) is 4.88. The molecule has 106 valence electrons. The van der Waals surface area contributed by atoms with Crippen molar-refractivity contribution >= 4 is 5.69 Å². The molecule has 0 unspecified atom stereocenters. The third kappa shape index (κ3) is 5.67. The molecule has 1 N–H and O–H groups in total. The van der Waals surface area contributed by atoms with E-state index in [4.69, 9.17) is 4.74 Å². The second-order valence-electron chi connectivity index (χ2n) is 4.63. The summed E-state index contributed by atoms with van der Waals surface area (Å²) in [4.78, 5) is 12.5. The van der Waals surface area contributed by atoms with Gasteiger partial charge < -0.3 is 15.0 Å². The van der Waals surface area contributed by atoms with E-state index >= 15 is 0 Å². The summed E-state index contributed by atoms with van der Waals surface area (Å²) in [5.74, 6) is 0.333. The molecule has 1 rings (SSSR count). The summed E-state index contributed by atoms with van der Waals surface area (Å²) in [7, 11) is 4.02. The lowest BCUT2D eigenvalue weighted by Gasteiger charge is -2.11. The summed E-state index contributed by atoms with van der Waals surface area (Å²) in [5.41, 5.74) is 0.958. The van der Waals surface area contributed by atoms with Crippen LogP contribution in [0.4, 0.5) is 5.69 Å². The van der Waals surface area contributed by atoms with Crippen molar-refractivity contribution in [1.29, 1.82) is 0 Å². The zero-order valence-corrected chi connectivity index (χ0v) is 11.7. The van der Waals surface area contributed by atoms with Crippen LogP contribution in [0, 0.1) is 17.0 Å². The van der Waals surface area contributed by atoms with Gasteiger partial charge in [-0.1, -0.05) is 6.07 Å². The normalized spacial score (nSPS) is 10.7. The van der Waals surface area contributed by atoms with Crippen molar-refractivity contribution in [3.05, 3.63) is 33.9 Å². The Morgan fingerprint density at radius 3 is 2.74 bits per heavy atom. The Kier molecular flexibility index (Phi) is 6.24. The highest BCUT2D eigenvalue weighted by Crippen LogP contribution is 2.27. The van der Waals surface area contributed by atoms with Crippen molar-refractivity contribution in [3.63, 3.8) is 0 Å². The minimum Gasteiger partial charge on any atom is -0.485 e. The van der Waals surface area contributed by atoms with E-state index < -0.39 is 4.92 Å². The van der Waals surface area contributed by atoms with Gasteiger partial charge in [0.25, 0.3) is 0 Å². The first-order chi connectivity index (χ1) is 9.00. The van der Waals surface area contributed by atoms with Gasteiger partial charge >= 0.3 is 5.69 Å². The first-order valence-electron chi connectivity index (χ1n) is 6.24. The lowest BCUT2D eigenvalue weighted by Crippen LogP contribution is -2.29. The molecule has 1 aromatic carbocycles. The van der Waals surface area contributed by atoms with Crippen molar-refractivity contribution in [3.8, 4) is 5.75 Å². The lowest BCUT2D eigenvalue weighted by atomic mass is 10.2. The third-order valence-corrected chi connectivity index (χ3v) is 2.58. The molecule has 6 heteroatoms. The monoisotopic (exact) mass is 267 g/mol. The van der Waals surface area contributed by atoms with Gasteiger partial charge in [-0.25, -0.2) is 0 Å². The van der Waals surface area contributed by atoms with E-state index in [0.717, 1.165) is 18.7 Å². The average Bonchev–Trinajstić information content (AvgIpc) is 2.33. The van der Waals surface area contributed by atoms with Gasteiger partial charge in [0.15, 0.2) is 5.75 Å². The molecule has 0 fully saturated rings. The summed E-state index contributed by atoms with van der Waals surface area (Å²) < 4.78 is 5.47. The fourth-order valence-electron chi connectivity index (χ4n) is 1.55. The van der Waals surface area contributed by atoms with Gasteiger partial charge in [-0.2, -0.15) is 0 Å². The number of nitro groups is 1. The second kappa shape index (κ2) is 7.70. The van der Waals surface area contributed by atoms with E-state index in [1.165, 1.54) is 6.07 Å². The highest BCUT2D eigenvalue weighted by molar-refractivity contribution is 5.48. The molecule has 0 aliphatic carbocycles. The quantitative estimate of drug-likeness (QED) is 0.438. The second-order valence-corrected chi connectivity index (χ2v) is 4.63. The molecular weight excluding hydrogens is 246 g/mol. The SMILES string of the molecule is Cc1ccc([N+](=O)[O-])c(OCCNCCN(C)C)c1. The highest BCUT2D eigenvalue weighted by atomic mass is 16.6. The van der Waals surface area contributed by atoms with Crippen LogP contribution in [0.25, 0.3) is 0 Å². The Balaban J connectivity index is 2.40. The van der Waals surface area contributed by atoms with Gasteiger partial charge in [-0.15, -0.1) is 0 Å². The molecule has 0 spiro atoms. The first-order valence-corrected chi connectivity index (χ1v) is 6.24. The van der Waals surface area contributed by atoms with Crippen molar-refractivity contribution in [1.82, 2.24) is 10.2 Å². The van der Waals surface area contributed by atoms with Crippen LogP contribution >= 0.6 is 0 Å². The maximum absolute atomic E-state index is 10.8. The Labute approximate surface area is 113 Å². The molecule has 0 bridgehead atoms. The Morgan fingerprint density at radius 2 is 2.11 bits per heavy atom. The zero-order valence-electron chi connectivity index (χ0n) is 11.7. The largest absolute Gasteiger partial charge is 0.485 e. The van der Waals surface area contributed by atoms with Crippen molar-refractivity contribution in [2.45, 2.75) is 6.92 Å². The molecule has 0 aliphatic rings. The van der Waals surface area contributed by atoms with Crippen molar-refractivity contribution < 1.29 is 9.66 Å². The van der Waals surface area contributed by atoms with Gasteiger partial charge in [0.1, 0.15) is 6.61 Å². The number of aryl methyl sites for hydroxylation is 1. The lowest BCUT2D eigenvalue weighted by molar-refractivity contribution is -0.385. The average molecular weight is 267 g/mol. The fourth-order valence-corrected chi connectivity index (χ4v) is 1.55. The Bertz CT molecular complexity index is 422. The molecule has 0 aromatic heterocycles. The molecule has 0 aliphatic heterocycles. The number of ether oxygens (including phenoxy) is 1. The topological polar surface area (TPSA) is 67.6 Å². The van der Waals surface area contributed by atoms with Gasteiger partial charge in [-0.3, -0.25) is 10.1 Å². The molecule has 0 saturated heterocycles. The predicted molar refractivity (Wildman–Crippen MR) is 74.8 cm³/mol. The zero-order chi connectivity index (χ0) is 14.3. The molecule has 0 radical (unpaired) electrons. The van der Waals surface area contributed by atoms with Crippen LogP contribution in [0.1, 0.15) is 5.56 Å². The number of benzene rings is 1. The number of nitrogens with one attached hydrogen (secondary N) is 1.